The van der Waals surface area contributed by atoms with Gasteiger partial charge in [-0.15, -0.1) is 10.2 Å². The van der Waals surface area contributed by atoms with Gasteiger partial charge < -0.3 is 10.3 Å². The summed E-state index contributed by atoms with van der Waals surface area (Å²) in [6.45, 7) is 4.01. The van der Waals surface area contributed by atoms with Gasteiger partial charge in [-0.1, -0.05) is 37.3 Å². The van der Waals surface area contributed by atoms with E-state index in [1.54, 1.807) is 4.57 Å². The Bertz CT molecular complexity index is 400. The molecule has 0 atom stereocenters. The second-order valence-electron chi connectivity index (χ2n) is 3.50. The molecule has 86 valence electrons. The van der Waals surface area contributed by atoms with Crippen molar-refractivity contribution in [1.82, 2.24) is 14.8 Å². The summed E-state index contributed by atoms with van der Waals surface area (Å²) in [5, 5.41) is 7.31. The first-order valence-corrected chi connectivity index (χ1v) is 5.30. The van der Waals surface area contributed by atoms with Crippen molar-refractivity contribution in [2.24, 2.45) is 7.05 Å². The minimum Gasteiger partial charge on any atom is -0.368 e. The maximum absolute atomic E-state index is 5.33. The minimum absolute atomic E-state index is 0.461. The second-order valence-corrected chi connectivity index (χ2v) is 3.50. The molecule has 0 saturated carbocycles. The first-order valence-electron chi connectivity index (χ1n) is 5.30. The molecule has 0 spiro atoms. The van der Waals surface area contributed by atoms with Gasteiger partial charge in [0, 0.05) is 7.05 Å². The van der Waals surface area contributed by atoms with E-state index in [0.29, 0.717) is 5.95 Å². The van der Waals surface area contributed by atoms with Gasteiger partial charge in [-0.05, 0) is 18.9 Å². The zero-order chi connectivity index (χ0) is 12.0. The highest BCUT2D eigenvalue weighted by atomic mass is 15.3. The van der Waals surface area contributed by atoms with Crippen molar-refractivity contribution >= 4 is 5.95 Å². The Morgan fingerprint density at radius 1 is 1.19 bits per heavy atom. The van der Waals surface area contributed by atoms with E-state index in [9.17, 15) is 0 Å². The number of nitrogens with two attached hydrogens (primary N) is 1. The molecular weight excluding hydrogens is 200 g/mol. The van der Waals surface area contributed by atoms with Gasteiger partial charge in [0.25, 0.3) is 0 Å². The first-order chi connectivity index (χ1) is 7.65. The maximum atomic E-state index is 5.33. The molecule has 1 aromatic heterocycles. The number of aromatic nitrogens is 3. The number of nitrogen functional groups attached to an aromatic ring is 1. The van der Waals surface area contributed by atoms with Crippen LogP contribution in [-0.2, 0) is 13.5 Å². The van der Waals surface area contributed by atoms with Crippen LogP contribution in [0.3, 0.4) is 0 Å². The molecule has 4 nitrogen and oxygen atoms in total. The molecular formula is C12H18N4. The molecule has 0 aliphatic carbocycles. The van der Waals surface area contributed by atoms with E-state index < -0.39 is 0 Å². The lowest BCUT2D eigenvalue weighted by Crippen LogP contribution is -1.97. The maximum Gasteiger partial charge on any atom is 0.221 e. The third-order valence-corrected chi connectivity index (χ3v) is 2.38. The number of nitrogens with zero attached hydrogens (tertiary/aromatic N) is 3. The lowest BCUT2D eigenvalue weighted by atomic mass is 10.2. The molecule has 0 unspecified atom stereocenters. The number of hydrogen-bond donors (Lipinski definition) is 1. The molecule has 2 aromatic rings. The van der Waals surface area contributed by atoms with Crippen LogP contribution in [0.1, 0.15) is 18.3 Å². The van der Waals surface area contributed by atoms with Gasteiger partial charge in [0.05, 0.1) is 0 Å². The number of rotatable bonds is 1. The molecule has 4 heteroatoms. The quantitative estimate of drug-likeness (QED) is 0.796. The van der Waals surface area contributed by atoms with Crippen molar-refractivity contribution in [3.05, 3.63) is 41.7 Å². The normalized spacial score (nSPS) is 9.44. The van der Waals surface area contributed by atoms with E-state index in [-0.39, 0.29) is 0 Å². The van der Waals surface area contributed by atoms with Crippen molar-refractivity contribution < 1.29 is 0 Å². The summed E-state index contributed by atoms with van der Waals surface area (Å²) in [5.41, 5.74) is 6.74. The van der Waals surface area contributed by atoms with Crippen LogP contribution >= 0.6 is 0 Å². The summed E-state index contributed by atoms with van der Waals surface area (Å²) in [6.07, 6.45) is 1.14. The van der Waals surface area contributed by atoms with E-state index in [0.717, 1.165) is 12.2 Å². The Labute approximate surface area is 96.1 Å². The van der Waals surface area contributed by atoms with Crippen molar-refractivity contribution in [1.29, 1.82) is 0 Å². The molecule has 1 aromatic carbocycles. The van der Waals surface area contributed by atoms with Crippen LogP contribution < -0.4 is 5.73 Å². The average molecular weight is 218 g/mol. The van der Waals surface area contributed by atoms with Gasteiger partial charge in [0.2, 0.25) is 5.95 Å². The molecule has 16 heavy (non-hydrogen) atoms. The summed E-state index contributed by atoms with van der Waals surface area (Å²) >= 11 is 0. The highest BCUT2D eigenvalue weighted by Gasteiger charge is 1.95. The highest BCUT2D eigenvalue weighted by Crippen LogP contribution is 1.97. The van der Waals surface area contributed by atoms with Crippen LogP contribution in [0.4, 0.5) is 5.95 Å². The molecule has 0 aliphatic rings. The fraction of sp³-hybridized carbons (Fsp3) is 0.333. The predicted octanol–water partition coefficient (Wildman–Crippen LogP) is 1.95. The van der Waals surface area contributed by atoms with Gasteiger partial charge in [-0.25, -0.2) is 0 Å². The molecule has 0 aliphatic heterocycles. The number of anilines is 1. The zero-order valence-corrected chi connectivity index (χ0v) is 10.0. The second kappa shape index (κ2) is 5.90. The molecule has 2 rings (SSSR count). The van der Waals surface area contributed by atoms with E-state index in [4.69, 9.17) is 5.73 Å². The van der Waals surface area contributed by atoms with Gasteiger partial charge in [0.15, 0.2) is 0 Å². The van der Waals surface area contributed by atoms with Gasteiger partial charge >= 0.3 is 0 Å². The van der Waals surface area contributed by atoms with Gasteiger partial charge in [-0.2, -0.15) is 0 Å². The lowest BCUT2D eigenvalue weighted by Gasteiger charge is -1.90. The topological polar surface area (TPSA) is 56.7 Å². The monoisotopic (exact) mass is 218 g/mol. The average Bonchev–Trinajstić information content (AvgIpc) is 2.62. The van der Waals surface area contributed by atoms with Crippen LogP contribution in [0.5, 0.6) is 0 Å². The predicted molar refractivity (Wildman–Crippen MR) is 66.0 cm³/mol. The highest BCUT2D eigenvalue weighted by molar-refractivity contribution is 5.15. The molecule has 1 heterocycles. The Morgan fingerprint density at radius 3 is 2.06 bits per heavy atom. The smallest absolute Gasteiger partial charge is 0.221 e. The number of aryl methyl sites for hydroxylation is 2. The molecule has 0 bridgehead atoms. The fourth-order valence-electron chi connectivity index (χ4n) is 1.14. The van der Waals surface area contributed by atoms with E-state index in [1.165, 1.54) is 5.56 Å². The third-order valence-electron chi connectivity index (χ3n) is 2.38. The fourth-order valence-corrected chi connectivity index (χ4v) is 1.14. The summed E-state index contributed by atoms with van der Waals surface area (Å²) in [5.74, 6) is 1.30. The first kappa shape index (κ1) is 12.2. The van der Waals surface area contributed by atoms with Crippen molar-refractivity contribution in [2.45, 2.75) is 20.3 Å². The van der Waals surface area contributed by atoms with E-state index in [2.05, 4.69) is 41.4 Å². The standard InChI is InChI=1S/C8H10.C4H8N4/c1-2-8-6-4-3-5-7-8;1-3-6-7-4(5)8(3)2/h3-7H,2H2,1H3;1-2H3,(H2,5,7). The zero-order valence-electron chi connectivity index (χ0n) is 10.0. The van der Waals surface area contributed by atoms with Crippen LogP contribution in [0.2, 0.25) is 0 Å². The summed E-state index contributed by atoms with van der Waals surface area (Å²) in [6, 6.07) is 10.5. The summed E-state index contributed by atoms with van der Waals surface area (Å²) in [7, 11) is 1.82. The molecule has 0 fully saturated rings. The molecule has 2 N–H and O–H groups in total. The van der Waals surface area contributed by atoms with Gasteiger partial charge in [0.1, 0.15) is 5.82 Å². The van der Waals surface area contributed by atoms with Crippen LogP contribution in [-0.4, -0.2) is 14.8 Å². The number of benzene rings is 1. The Balaban J connectivity index is 0.000000160. The summed E-state index contributed by atoms with van der Waals surface area (Å²) in [4.78, 5) is 0. The van der Waals surface area contributed by atoms with Crippen molar-refractivity contribution in [3.63, 3.8) is 0 Å². The van der Waals surface area contributed by atoms with E-state index in [1.807, 2.05) is 20.0 Å². The Hall–Kier alpha value is -1.84. The van der Waals surface area contributed by atoms with Crippen molar-refractivity contribution in [2.75, 3.05) is 5.73 Å². The molecule has 0 saturated heterocycles. The van der Waals surface area contributed by atoms with E-state index >= 15 is 0 Å². The SMILES string of the molecule is CCc1ccccc1.Cc1nnc(N)n1C. The van der Waals surface area contributed by atoms with Gasteiger partial charge in [-0.3, -0.25) is 0 Å². The van der Waals surface area contributed by atoms with Crippen LogP contribution in [0.15, 0.2) is 30.3 Å². The van der Waals surface area contributed by atoms with Crippen LogP contribution in [0, 0.1) is 6.92 Å². The lowest BCUT2D eigenvalue weighted by molar-refractivity contribution is 0.868. The molecule has 0 amide bonds. The van der Waals surface area contributed by atoms with Crippen molar-refractivity contribution in [3.8, 4) is 0 Å². The Morgan fingerprint density at radius 2 is 1.81 bits per heavy atom. The Kier molecular flexibility index (Phi) is 4.51. The molecule has 0 radical (unpaired) electrons. The summed E-state index contributed by atoms with van der Waals surface area (Å²) < 4.78 is 1.72. The number of hydrogen-bond acceptors (Lipinski definition) is 3. The third kappa shape index (κ3) is 3.38. The van der Waals surface area contributed by atoms with Crippen LogP contribution in [0.25, 0.3) is 0 Å². The minimum atomic E-state index is 0.461. The largest absolute Gasteiger partial charge is 0.368 e.